The molecule has 0 atom stereocenters. The van der Waals surface area contributed by atoms with Gasteiger partial charge < -0.3 is 9.30 Å². The lowest BCUT2D eigenvalue weighted by Crippen LogP contribution is -1.98. The molecule has 0 aliphatic rings. The molecule has 0 saturated heterocycles. The summed E-state index contributed by atoms with van der Waals surface area (Å²) in [7, 11) is 0. The van der Waals surface area contributed by atoms with E-state index in [0.29, 0.717) is 13.2 Å². The molecule has 0 bridgehead atoms. The zero-order valence-corrected chi connectivity index (χ0v) is 14.6. The molecule has 4 rings (SSSR count). The molecule has 5 heteroatoms. The van der Waals surface area contributed by atoms with E-state index in [0.717, 1.165) is 27.8 Å². The molecule has 3 aromatic carbocycles. The molecule has 0 N–H and O–H groups in total. The number of ether oxygens (including phenoxy) is 1. The van der Waals surface area contributed by atoms with Gasteiger partial charge in [0.2, 0.25) is 0 Å². The number of hydrogen-bond donors (Lipinski definition) is 0. The second-order valence-corrected chi connectivity index (χ2v) is 6.36. The Morgan fingerprint density at radius 2 is 1.67 bits per heavy atom. The second-order valence-electron chi connectivity index (χ2n) is 6.36. The molecule has 1 aromatic heterocycles. The fourth-order valence-corrected chi connectivity index (χ4v) is 3.07. The lowest BCUT2D eigenvalue weighted by atomic mass is 10.2. The zero-order chi connectivity index (χ0) is 18.6. The first-order valence-electron chi connectivity index (χ1n) is 8.68. The molecule has 0 unspecified atom stereocenters. The molecule has 4 aromatic rings. The van der Waals surface area contributed by atoms with Gasteiger partial charge in [0, 0.05) is 35.8 Å². The number of benzene rings is 3. The average molecular weight is 358 g/mol. The molecule has 0 saturated carbocycles. The number of nitrogens with zero attached hydrogens (tertiary/aromatic N) is 2. The number of non-ortho nitro benzene ring substituents is 1. The van der Waals surface area contributed by atoms with E-state index in [1.165, 1.54) is 12.1 Å². The Kier molecular flexibility index (Phi) is 4.58. The van der Waals surface area contributed by atoms with Crippen LogP contribution in [-0.4, -0.2) is 9.49 Å². The van der Waals surface area contributed by atoms with E-state index < -0.39 is 0 Å². The fourth-order valence-electron chi connectivity index (χ4n) is 3.07. The maximum atomic E-state index is 10.8. The molecule has 0 aliphatic carbocycles. The minimum absolute atomic E-state index is 0.108. The number of fused-ring (bicyclic) bond motifs is 1. The number of nitro benzene ring substituents is 1. The minimum Gasteiger partial charge on any atom is -0.489 e. The van der Waals surface area contributed by atoms with E-state index in [2.05, 4.69) is 10.6 Å². The van der Waals surface area contributed by atoms with Crippen molar-refractivity contribution < 1.29 is 9.66 Å². The maximum absolute atomic E-state index is 10.8. The van der Waals surface area contributed by atoms with E-state index in [1.54, 1.807) is 12.1 Å². The summed E-state index contributed by atoms with van der Waals surface area (Å²) >= 11 is 0. The predicted molar refractivity (Wildman–Crippen MR) is 105 cm³/mol. The van der Waals surface area contributed by atoms with Crippen LogP contribution in [0.2, 0.25) is 0 Å². The van der Waals surface area contributed by atoms with Crippen molar-refractivity contribution in [1.82, 2.24) is 4.57 Å². The molecule has 0 spiro atoms. The van der Waals surface area contributed by atoms with E-state index in [-0.39, 0.29) is 10.6 Å². The molecule has 134 valence electrons. The SMILES string of the molecule is O=[N+]([O-])c1ccc(Cn2ccc3cc(OCc4ccccc4)ccc32)cc1. The van der Waals surface area contributed by atoms with Crippen molar-refractivity contribution in [3.05, 3.63) is 106 Å². The van der Waals surface area contributed by atoms with Crippen LogP contribution in [0.1, 0.15) is 11.1 Å². The first-order chi connectivity index (χ1) is 13.2. The van der Waals surface area contributed by atoms with Crippen LogP contribution in [-0.2, 0) is 13.2 Å². The highest BCUT2D eigenvalue weighted by Gasteiger charge is 2.07. The van der Waals surface area contributed by atoms with Gasteiger partial charge in [-0.2, -0.15) is 0 Å². The Balaban J connectivity index is 1.49. The van der Waals surface area contributed by atoms with Gasteiger partial charge in [0.05, 0.1) is 4.92 Å². The quantitative estimate of drug-likeness (QED) is 0.353. The molecular weight excluding hydrogens is 340 g/mol. The van der Waals surface area contributed by atoms with Gasteiger partial charge in [0.1, 0.15) is 12.4 Å². The van der Waals surface area contributed by atoms with E-state index in [1.807, 2.05) is 54.7 Å². The van der Waals surface area contributed by atoms with Gasteiger partial charge in [-0.3, -0.25) is 10.1 Å². The van der Waals surface area contributed by atoms with Crippen LogP contribution in [0, 0.1) is 10.1 Å². The molecular formula is C22H18N2O3. The van der Waals surface area contributed by atoms with E-state index in [4.69, 9.17) is 4.74 Å². The summed E-state index contributed by atoms with van der Waals surface area (Å²) in [6.45, 7) is 1.20. The Hall–Kier alpha value is -3.60. The summed E-state index contributed by atoms with van der Waals surface area (Å²) in [5.74, 6) is 0.833. The van der Waals surface area contributed by atoms with Crippen molar-refractivity contribution in [3.63, 3.8) is 0 Å². The third kappa shape index (κ3) is 3.82. The average Bonchev–Trinajstić information content (AvgIpc) is 3.09. The Morgan fingerprint density at radius 1 is 0.889 bits per heavy atom. The molecule has 5 nitrogen and oxygen atoms in total. The standard InChI is InChI=1S/C22H18N2O3/c25-24(26)20-8-6-17(7-9-20)15-23-13-12-19-14-21(10-11-22(19)23)27-16-18-4-2-1-3-5-18/h1-14H,15-16H2. The number of hydrogen-bond acceptors (Lipinski definition) is 3. The van der Waals surface area contributed by atoms with Gasteiger partial charge in [-0.15, -0.1) is 0 Å². The van der Waals surface area contributed by atoms with Crippen LogP contribution in [0.3, 0.4) is 0 Å². The minimum atomic E-state index is -0.383. The lowest BCUT2D eigenvalue weighted by molar-refractivity contribution is -0.384. The van der Waals surface area contributed by atoms with Crippen LogP contribution >= 0.6 is 0 Å². The highest BCUT2D eigenvalue weighted by molar-refractivity contribution is 5.81. The van der Waals surface area contributed by atoms with Gasteiger partial charge in [-0.25, -0.2) is 0 Å². The molecule has 1 heterocycles. The van der Waals surface area contributed by atoms with Crippen molar-refractivity contribution in [2.24, 2.45) is 0 Å². The number of aromatic nitrogens is 1. The van der Waals surface area contributed by atoms with Gasteiger partial charge in [0.15, 0.2) is 0 Å². The van der Waals surface area contributed by atoms with Crippen LogP contribution in [0.15, 0.2) is 85.1 Å². The normalized spacial score (nSPS) is 10.8. The molecule has 0 aliphatic heterocycles. The van der Waals surface area contributed by atoms with Crippen molar-refractivity contribution >= 4 is 16.6 Å². The fraction of sp³-hybridized carbons (Fsp3) is 0.0909. The van der Waals surface area contributed by atoms with Crippen molar-refractivity contribution in [2.75, 3.05) is 0 Å². The van der Waals surface area contributed by atoms with Gasteiger partial charge in [-0.05, 0) is 35.4 Å². The van der Waals surface area contributed by atoms with E-state index in [9.17, 15) is 10.1 Å². The Labute approximate surface area is 156 Å². The summed E-state index contributed by atoms with van der Waals surface area (Å²) < 4.78 is 8.01. The van der Waals surface area contributed by atoms with Gasteiger partial charge in [0.25, 0.3) is 5.69 Å². The lowest BCUT2D eigenvalue weighted by Gasteiger charge is -2.08. The Bertz CT molecular complexity index is 1070. The first kappa shape index (κ1) is 16.8. The van der Waals surface area contributed by atoms with Crippen LogP contribution in [0.4, 0.5) is 5.69 Å². The third-order valence-corrected chi connectivity index (χ3v) is 4.49. The highest BCUT2D eigenvalue weighted by Crippen LogP contribution is 2.24. The highest BCUT2D eigenvalue weighted by atomic mass is 16.6. The van der Waals surface area contributed by atoms with Gasteiger partial charge >= 0.3 is 0 Å². The van der Waals surface area contributed by atoms with Gasteiger partial charge in [-0.1, -0.05) is 42.5 Å². The first-order valence-corrected chi connectivity index (χ1v) is 8.68. The second kappa shape index (κ2) is 7.33. The third-order valence-electron chi connectivity index (χ3n) is 4.49. The monoisotopic (exact) mass is 358 g/mol. The molecule has 0 fully saturated rings. The maximum Gasteiger partial charge on any atom is 0.269 e. The van der Waals surface area contributed by atoms with Crippen LogP contribution in [0.25, 0.3) is 10.9 Å². The Morgan fingerprint density at radius 3 is 2.41 bits per heavy atom. The zero-order valence-electron chi connectivity index (χ0n) is 14.6. The molecule has 27 heavy (non-hydrogen) atoms. The van der Waals surface area contributed by atoms with Crippen molar-refractivity contribution in [2.45, 2.75) is 13.2 Å². The molecule has 0 radical (unpaired) electrons. The van der Waals surface area contributed by atoms with Crippen molar-refractivity contribution in [1.29, 1.82) is 0 Å². The summed E-state index contributed by atoms with van der Waals surface area (Å²) in [4.78, 5) is 10.4. The number of nitro groups is 1. The van der Waals surface area contributed by atoms with Crippen molar-refractivity contribution in [3.8, 4) is 5.75 Å². The molecule has 0 amide bonds. The number of rotatable bonds is 6. The smallest absolute Gasteiger partial charge is 0.269 e. The van der Waals surface area contributed by atoms with E-state index >= 15 is 0 Å². The summed E-state index contributed by atoms with van der Waals surface area (Å²) in [6, 6.07) is 24.8. The topological polar surface area (TPSA) is 57.3 Å². The van der Waals surface area contributed by atoms with Crippen LogP contribution < -0.4 is 4.74 Å². The summed E-state index contributed by atoms with van der Waals surface area (Å²) in [6.07, 6.45) is 2.02. The predicted octanol–water partition coefficient (Wildman–Crippen LogP) is 5.18. The largest absolute Gasteiger partial charge is 0.489 e. The summed E-state index contributed by atoms with van der Waals surface area (Å²) in [5, 5.41) is 11.9. The summed E-state index contributed by atoms with van der Waals surface area (Å²) in [5.41, 5.74) is 3.35. The van der Waals surface area contributed by atoms with Crippen LogP contribution in [0.5, 0.6) is 5.75 Å².